The third-order valence-electron chi connectivity index (χ3n) is 2.85. The summed E-state index contributed by atoms with van der Waals surface area (Å²) in [6.07, 6.45) is 0. The van der Waals surface area contributed by atoms with Gasteiger partial charge in [-0.15, -0.1) is 0 Å². The quantitative estimate of drug-likeness (QED) is 0.879. The predicted molar refractivity (Wildman–Crippen MR) is 72.9 cm³/mol. The molecule has 0 unspecified atom stereocenters. The number of benzene rings is 2. The molecule has 3 nitrogen and oxygen atoms in total. The molecule has 0 bridgehead atoms. The zero-order valence-electron chi connectivity index (χ0n) is 10.4. The lowest BCUT2D eigenvalue weighted by Gasteiger charge is -2.08. The first kappa shape index (κ1) is 13.5. The molecule has 0 saturated carbocycles. The first-order valence-electron chi connectivity index (χ1n) is 5.72. The fourth-order valence-electron chi connectivity index (χ4n) is 1.86. The van der Waals surface area contributed by atoms with Crippen molar-refractivity contribution in [2.45, 2.75) is 17.6 Å². The summed E-state index contributed by atoms with van der Waals surface area (Å²) in [5.74, 6) is -0.841. The average molecular weight is 279 g/mol. The molecule has 0 aliphatic rings. The van der Waals surface area contributed by atoms with E-state index in [0.717, 1.165) is 6.07 Å². The van der Waals surface area contributed by atoms with E-state index < -0.39 is 15.7 Å². The second-order valence-electron chi connectivity index (χ2n) is 4.38. The highest BCUT2D eigenvalue weighted by Gasteiger charge is 2.17. The van der Waals surface area contributed by atoms with Crippen molar-refractivity contribution in [3.05, 3.63) is 59.4 Å². The van der Waals surface area contributed by atoms with Gasteiger partial charge in [0.15, 0.2) is 9.84 Å². The maximum absolute atomic E-state index is 13.3. The van der Waals surface area contributed by atoms with E-state index in [1.165, 1.54) is 12.1 Å². The molecule has 2 N–H and O–H groups in total. The van der Waals surface area contributed by atoms with E-state index in [1.54, 1.807) is 31.2 Å². The number of sulfone groups is 1. The monoisotopic (exact) mass is 279 g/mol. The topological polar surface area (TPSA) is 60.2 Å². The van der Waals surface area contributed by atoms with E-state index in [0.29, 0.717) is 11.1 Å². The highest BCUT2D eigenvalue weighted by atomic mass is 32.2. The van der Waals surface area contributed by atoms with Crippen molar-refractivity contribution in [2.75, 3.05) is 5.73 Å². The molecular formula is C14H14FNO2S. The van der Waals surface area contributed by atoms with E-state index in [1.807, 2.05) is 0 Å². The number of nitrogens with two attached hydrogens (primary N) is 1. The van der Waals surface area contributed by atoms with Crippen LogP contribution in [-0.2, 0) is 15.6 Å². The van der Waals surface area contributed by atoms with Crippen LogP contribution in [0.25, 0.3) is 0 Å². The maximum atomic E-state index is 13.3. The molecule has 0 spiro atoms. The summed E-state index contributed by atoms with van der Waals surface area (Å²) in [6.45, 7) is 1.73. The molecule has 0 heterocycles. The van der Waals surface area contributed by atoms with Crippen molar-refractivity contribution in [1.82, 2.24) is 0 Å². The minimum absolute atomic E-state index is 0.0111. The van der Waals surface area contributed by atoms with E-state index in [4.69, 9.17) is 5.73 Å². The smallest absolute Gasteiger partial charge is 0.182 e. The summed E-state index contributed by atoms with van der Waals surface area (Å²) in [5, 5.41) is 0. The highest BCUT2D eigenvalue weighted by molar-refractivity contribution is 7.90. The zero-order valence-corrected chi connectivity index (χ0v) is 11.2. The standard InChI is InChI=1S/C14H14FNO2S/c1-10-4-2-3-5-14(10)19(17,18)9-11-6-7-13(16)12(15)8-11/h2-8H,9,16H2,1H3. The van der Waals surface area contributed by atoms with Crippen LogP contribution in [0.2, 0.25) is 0 Å². The molecule has 0 aromatic heterocycles. The van der Waals surface area contributed by atoms with Gasteiger partial charge in [-0.1, -0.05) is 24.3 Å². The van der Waals surface area contributed by atoms with Crippen LogP contribution in [0.3, 0.4) is 0 Å². The Balaban J connectivity index is 2.37. The number of halogens is 1. The van der Waals surface area contributed by atoms with Gasteiger partial charge in [0.05, 0.1) is 16.3 Å². The van der Waals surface area contributed by atoms with Gasteiger partial charge in [-0.2, -0.15) is 0 Å². The Morgan fingerprint density at radius 3 is 2.47 bits per heavy atom. The second kappa shape index (κ2) is 5.01. The van der Waals surface area contributed by atoms with Crippen LogP contribution >= 0.6 is 0 Å². The number of hydrogen-bond donors (Lipinski definition) is 1. The Labute approximate surface area is 111 Å². The van der Waals surface area contributed by atoms with Gasteiger partial charge < -0.3 is 5.73 Å². The lowest BCUT2D eigenvalue weighted by Crippen LogP contribution is -2.07. The summed E-state index contributed by atoms with van der Waals surface area (Å²) >= 11 is 0. The fourth-order valence-corrected chi connectivity index (χ4v) is 3.48. The summed E-state index contributed by atoms with van der Waals surface area (Å²) in [6, 6.07) is 10.8. The molecule has 0 atom stereocenters. The Hall–Kier alpha value is -1.88. The number of aryl methyl sites for hydroxylation is 1. The number of anilines is 1. The van der Waals surface area contributed by atoms with E-state index in [-0.39, 0.29) is 16.3 Å². The van der Waals surface area contributed by atoms with Crippen LogP contribution < -0.4 is 5.73 Å². The molecular weight excluding hydrogens is 265 g/mol. The zero-order chi connectivity index (χ0) is 14.0. The van der Waals surface area contributed by atoms with Crippen molar-refractivity contribution in [3.63, 3.8) is 0 Å². The molecule has 2 aromatic rings. The number of nitrogen functional groups attached to an aromatic ring is 1. The Bertz CT molecular complexity index is 711. The Morgan fingerprint density at radius 1 is 1.16 bits per heavy atom. The van der Waals surface area contributed by atoms with Crippen LogP contribution in [-0.4, -0.2) is 8.42 Å². The third kappa shape index (κ3) is 2.93. The highest BCUT2D eigenvalue weighted by Crippen LogP contribution is 2.21. The second-order valence-corrected chi connectivity index (χ2v) is 6.34. The molecule has 0 amide bonds. The largest absolute Gasteiger partial charge is 0.396 e. The van der Waals surface area contributed by atoms with Crippen molar-refractivity contribution in [3.8, 4) is 0 Å². The number of hydrogen-bond acceptors (Lipinski definition) is 3. The minimum Gasteiger partial charge on any atom is -0.396 e. The first-order valence-corrected chi connectivity index (χ1v) is 7.37. The molecule has 2 aromatic carbocycles. The first-order chi connectivity index (χ1) is 8.90. The van der Waals surface area contributed by atoms with Crippen LogP contribution in [0.15, 0.2) is 47.4 Å². The van der Waals surface area contributed by atoms with Crippen molar-refractivity contribution in [1.29, 1.82) is 0 Å². The van der Waals surface area contributed by atoms with Crippen LogP contribution in [0.5, 0.6) is 0 Å². The third-order valence-corrected chi connectivity index (χ3v) is 4.69. The predicted octanol–water partition coefficient (Wildman–Crippen LogP) is 2.69. The summed E-state index contributed by atoms with van der Waals surface area (Å²) in [7, 11) is -3.48. The summed E-state index contributed by atoms with van der Waals surface area (Å²) < 4.78 is 37.8. The lowest BCUT2D eigenvalue weighted by atomic mass is 10.2. The van der Waals surface area contributed by atoms with Crippen LogP contribution in [0.4, 0.5) is 10.1 Å². The minimum atomic E-state index is -3.48. The fraction of sp³-hybridized carbons (Fsp3) is 0.143. The molecule has 5 heteroatoms. The molecule has 0 radical (unpaired) electrons. The molecule has 0 aliphatic heterocycles. The Kier molecular flexibility index (Phi) is 3.57. The van der Waals surface area contributed by atoms with Gasteiger partial charge in [0, 0.05) is 0 Å². The molecule has 0 saturated heterocycles. The maximum Gasteiger partial charge on any atom is 0.182 e. The molecule has 100 valence electrons. The van der Waals surface area contributed by atoms with E-state index >= 15 is 0 Å². The van der Waals surface area contributed by atoms with Gasteiger partial charge in [0.2, 0.25) is 0 Å². The van der Waals surface area contributed by atoms with Gasteiger partial charge in [0.25, 0.3) is 0 Å². The van der Waals surface area contributed by atoms with Crippen LogP contribution in [0, 0.1) is 12.7 Å². The van der Waals surface area contributed by atoms with Gasteiger partial charge in [-0.25, -0.2) is 12.8 Å². The van der Waals surface area contributed by atoms with Crippen molar-refractivity contribution in [2.24, 2.45) is 0 Å². The summed E-state index contributed by atoms with van der Waals surface area (Å²) in [4.78, 5) is 0.271. The number of rotatable bonds is 3. The van der Waals surface area contributed by atoms with Gasteiger partial charge in [-0.05, 0) is 36.2 Å². The SMILES string of the molecule is Cc1ccccc1S(=O)(=O)Cc1ccc(N)c(F)c1. The molecule has 0 aliphatic carbocycles. The van der Waals surface area contributed by atoms with E-state index in [2.05, 4.69) is 0 Å². The average Bonchev–Trinajstić information content (AvgIpc) is 2.34. The van der Waals surface area contributed by atoms with Gasteiger partial charge in [-0.3, -0.25) is 0 Å². The summed E-state index contributed by atoms with van der Waals surface area (Å²) in [5.41, 5.74) is 6.44. The molecule has 19 heavy (non-hydrogen) atoms. The normalized spacial score (nSPS) is 11.5. The van der Waals surface area contributed by atoms with Crippen molar-refractivity contribution >= 4 is 15.5 Å². The van der Waals surface area contributed by atoms with Gasteiger partial charge in [0.1, 0.15) is 5.82 Å². The van der Waals surface area contributed by atoms with Crippen LogP contribution in [0.1, 0.15) is 11.1 Å². The van der Waals surface area contributed by atoms with E-state index in [9.17, 15) is 12.8 Å². The molecule has 0 fully saturated rings. The van der Waals surface area contributed by atoms with Gasteiger partial charge >= 0.3 is 0 Å². The van der Waals surface area contributed by atoms with Crippen molar-refractivity contribution < 1.29 is 12.8 Å². The Morgan fingerprint density at radius 2 is 1.84 bits per heavy atom. The molecule has 2 rings (SSSR count). The lowest BCUT2D eigenvalue weighted by molar-refractivity contribution is 0.594.